The third-order valence-corrected chi connectivity index (χ3v) is 3.41. The average Bonchev–Trinajstić information content (AvgIpc) is 2.45. The van der Waals surface area contributed by atoms with E-state index in [1.807, 2.05) is 0 Å². The molecule has 1 aliphatic rings. The van der Waals surface area contributed by atoms with Gasteiger partial charge in [0.15, 0.2) is 0 Å². The molecule has 0 saturated heterocycles. The summed E-state index contributed by atoms with van der Waals surface area (Å²) in [4.78, 5) is 10.8. The molecule has 1 fully saturated rings. The van der Waals surface area contributed by atoms with Gasteiger partial charge in [0.2, 0.25) is 5.91 Å². The Bertz CT molecular complexity index is 191. The summed E-state index contributed by atoms with van der Waals surface area (Å²) in [5.74, 6) is 0.945. The lowest BCUT2D eigenvalue weighted by Crippen LogP contribution is -2.34. The van der Waals surface area contributed by atoms with Gasteiger partial charge in [-0.05, 0) is 30.6 Å². The molecule has 0 aromatic heterocycles. The number of carbonyl (C=O) groups excluding carboxylic acids is 1. The van der Waals surface area contributed by atoms with Crippen LogP contribution in [0.4, 0.5) is 0 Å². The van der Waals surface area contributed by atoms with Gasteiger partial charge in [0.25, 0.3) is 0 Å². The zero-order chi connectivity index (χ0) is 9.90. The SMILES string of the molecule is CC[C@]1(CNC(C)=O)CC[C@@H](C)C1. The van der Waals surface area contributed by atoms with Gasteiger partial charge in [-0.1, -0.05) is 20.3 Å². The minimum absolute atomic E-state index is 0.104. The summed E-state index contributed by atoms with van der Waals surface area (Å²) in [5, 5.41) is 2.96. The summed E-state index contributed by atoms with van der Waals surface area (Å²) in [5.41, 5.74) is 0.408. The second kappa shape index (κ2) is 4.12. The molecule has 0 aromatic rings. The van der Waals surface area contributed by atoms with Crippen molar-refractivity contribution in [1.82, 2.24) is 5.32 Å². The van der Waals surface area contributed by atoms with Gasteiger partial charge in [-0.25, -0.2) is 0 Å². The summed E-state index contributed by atoms with van der Waals surface area (Å²) < 4.78 is 0. The van der Waals surface area contributed by atoms with E-state index in [4.69, 9.17) is 0 Å². The second-order valence-electron chi connectivity index (χ2n) is 4.61. The van der Waals surface area contributed by atoms with E-state index in [9.17, 15) is 4.79 Å². The predicted molar refractivity (Wildman–Crippen MR) is 54.4 cm³/mol. The Morgan fingerprint density at radius 2 is 2.31 bits per heavy atom. The summed E-state index contributed by atoms with van der Waals surface area (Å²) in [6, 6.07) is 0. The van der Waals surface area contributed by atoms with Crippen LogP contribution in [0.15, 0.2) is 0 Å². The quantitative estimate of drug-likeness (QED) is 0.715. The molecule has 0 aliphatic heterocycles. The first-order valence-electron chi connectivity index (χ1n) is 5.32. The van der Waals surface area contributed by atoms with Crippen molar-refractivity contribution >= 4 is 5.91 Å². The Balaban J connectivity index is 2.46. The van der Waals surface area contributed by atoms with Gasteiger partial charge < -0.3 is 5.32 Å². The fourth-order valence-electron chi connectivity index (χ4n) is 2.41. The summed E-state index contributed by atoms with van der Waals surface area (Å²) in [6.07, 6.45) is 5.08. The van der Waals surface area contributed by atoms with E-state index in [2.05, 4.69) is 19.2 Å². The Labute approximate surface area is 81.1 Å². The fourth-order valence-corrected chi connectivity index (χ4v) is 2.41. The molecule has 1 aliphatic carbocycles. The average molecular weight is 183 g/mol. The van der Waals surface area contributed by atoms with E-state index in [0.717, 1.165) is 12.5 Å². The standard InChI is InChI=1S/C11H21NO/c1-4-11(8-12-10(3)13)6-5-9(2)7-11/h9H,4-8H2,1-3H3,(H,12,13)/t9-,11+/m1/s1. The Morgan fingerprint density at radius 1 is 1.62 bits per heavy atom. The largest absolute Gasteiger partial charge is 0.356 e. The molecule has 0 spiro atoms. The summed E-state index contributed by atoms with van der Waals surface area (Å²) in [6.45, 7) is 7.02. The van der Waals surface area contributed by atoms with Gasteiger partial charge in [0.05, 0.1) is 0 Å². The molecule has 0 bridgehead atoms. The Morgan fingerprint density at radius 3 is 2.69 bits per heavy atom. The van der Waals surface area contributed by atoms with Crippen LogP contribution in [0, 0.1) is 11.3 Å². The molecular formula is C11H21NO. The minimum atomic E-state index is 0.104. The van der Waals surface area contributed by atoms with Crippen molar-refractivity contribution in [1.29, 1.82) is 0 Å². The van der Waals surface area contributed by atoms with Gasteiger partial charge in [-0.15, -0.1) is 0 Å². The van der Waals surface area contributed by atoms with E-state index in [1.165, 1.54) is 25.7 Å². The van der Waals surface area contributed by atoms with Crippen LogP contribution >= 0.6 is 0 Å². The van der Waals surface area contributed by atoms with Crippen molar-refractivity contribution in [3.05, 3.63) is 0 Å². The van der Waals surface area contributed by atoms with Gasteiger partial charge in [-0.2, -0.15) is 0 Å². The predicted octanol–water partition coefficient (Wildman–Crippen LogP) is 2.34. The summed E-state index contributed by atoms with van der Waals surface area (Å²) in [7, 11) is 0. The maximum absolute atomic E-state index is 10.8. The van der Waals surface area contributed by atoms with Gasteiger partial charge >= 0.3 is 0 Å². The van der Waals surface area contributed by atoms with Crippen molar-refractivity contribution < 1.29 is 4.79 Å². The van der Waals surface area contributed by atoms with E-state index < -0.39 is 0 Å². The first kappa shape index (κ1) is 10.6. The van der Waals surface area contributed by atoms with E-state index in [1.54, 1.807) is 6.92 Å². The molecule has 0 radical (unpaired) electrons. The van der Waals surface area contributed by atoms with E-state index in [0.29, 0.717) is 5.41 Å². The molecule has 2 nitrogen and oxygen atoms in total. The Kier molecular flexibility index (Phi) is 3.34. The lowest BCUT2D eigenvalue weighted by atomic mass is 9.82. The number of hydrogen-bond acceptors (Lipinski definition) is 1. The van der Waals surface area contributed by atoms with Crippen molar-refractivity contribution in [3.63, 3.8) is 0 Å². The van der Waals surface area contributed by atoms with Crippen molar-refractivity contribution in [2.75, 3.05) is 6.54 Å². The monoisotopic (exact) mass is 183 g/mol. The lowest BCUT2D eigenvalue weighted by molar-refractivity contribution is -0.119. The highest BCUT2D eigenvalue weighted by Crippen LogP contribution is 2.43. The molecule has 1 amide bonds. The number of carbonyl (C=O) groups is 1. The van der Waals surface area contributed by atoms with Crippen LogP contribution < -0.4 is 5.32 Å². The molecule has 76 valence electrons. The summed E-state index contributed by atoms with van der Waals surface area (Å²) >= 11 is 0. The highest BCUT2D eigenvalue weighted by atomic mass is 16.1. The molecular weight excluding hydrogens is 162 g/mol. The molecule has 2 heteroatoms. The fraction of sp³-hybridized carbons (Fsp3) is 0.909. The van der Waals surface area contributed by atoms with E-state index >= 15 is 0 Å². The van der Waals surface area contributed by atoms with Crippen LogP contribution in [0.5, 0.6) is 0 Å². The van der Waals surface area contributed by atoms with Crippen LogP contribution in [0.25, 0.3) is 0 Å². The number of rotatable bonds is 3. The van der Waals surface area contributed by atoms with Crippen LogP contribution in [0.3, 0.4) is 0 Å². The van der Waals surface area contributed by atoms with Crippen LogP contribution in [-0.4, -0.2) is 12.5 Å². The van der Waals surface area contributed by atoms with Crippen molar-refractivity contribution in [2.45, 2.75) is 46.5 Å². The highest BCUT2D eigenvalue weighted by Gasteiger charge is 2.35. The van der Waals surface area contributed by atoms with Gasteiger partial charge in [0.1, 0.15) is 0 Å². The smallest absolute Gasteiger partial charge is 0.216 e. The zero-order valence-corrected chi connectivity index (χ0v) is 9.02. The maximum Gasteiger partial charge on any atom is 0.216 e. The van der Waals surface area contributed by atoms with Crippen LogP contribution in [-0.2, 0) is 4.79 Å². The molecule has 1 saturated carbocycles. The molecule has 1 N–H and O–H groups in total. The molecule has 0 unspecified atom stereocenters. The highest BCUT2D eigenvalue weighted by molar-refractivity contribution is 5.72. The third-order valence-electron chi connectivity index (χ3n) is 3.41. The number of hydrogen-bond donors (Lipinski definition) is 1. The molecule has 1 rings (SSSR count). The van der Waals surface area contributed by atoms with Gasteiger partial charge in [0, 0.05) is 13.5 Å². The van der Waals surface area contributed by atoms with E-state index in [-0.39, 0.29) is 5.91 Å². The molecule has 0 heterocycles. The zero-order valence-electron chi connectivity index (χ0n) is 9.02. The first-order chi connectivity index (χ1) is 6.08. The van der Waals surface area contributed by atoms with Crippen LogP contribution in [0.1, 0.15) is 46.5 Å². The topological polar surface area (TPSA) is 29.1 Å². The lowest BCUT2D eigenvalue weighted by Gasteiger charge is -2.27. The Hall–Kier alpha value is -0.530. The van der Waals surface area contributed by atoms with Crippen molar-refractivity contribution in [2.24, 2.45) is 11.3 Å². The molecule has 13 heavy (non-hydrogen) atoms. The third kappa shape index (κ3) is 2.71. The minimum Gasteiger partial charge on any atom is -0.356 e. The van der Waals surface area contributed by atoms with Crippen molar-refractivity contribution in [3.8, 4) is 0 Å². The molecule has 2 atom stereocenters. The maximum atomic E-state index is 10.8. The second-order valence-corrected chi connectivity index (χ2v) is 4.61. The number of amides is 1. The molecule has 0 aromatic carbocycles. The first-order valence-corrected chi connectivity index (χ1v) is 5.32. The normalized spacial score (nSPS) is 33.3. The number of nitrogens with one attached hydrogen (secondary N) is 1. The van der Waals surface area contributed by atoms with Gasteiger partial charge in [-0.3, -0.25) is 4.79 Å². The van der Waals surface area contributed by atoms with Crippen LogP contribution in [0.2, 0.25) is 0 Å².